The molecule has 146 valence electrons. The molecule has 4 aromatic rings. The Labute approximate surface area is 183 Å². The van der Waals surface area contributed by atoms with Crippen molar-refractivity contribution in [3.8, 4) is 10.8 Å². The predicted octanol–water partition coefficient (Wildman–Crippen LogP) is 3.77. The van der Waals surface area contributed by atoms with Gasteiger partial charge in [-0.05, 0) is 30.3 Å². The molecule has 7 nitrogen and oxygen atoms in total. The zero-order chi connectivity index (χ0) is 18.6. The van der Waals surface area contributed by atoms with Crippen LogP contribution in [0.2, 0.25) is 0 Å². The quantitative estimate of drug-likeness (QED) is 0.244. The van der Waals surface area contributed by atoms with E-state index in [9.17, 15) is 0 Å². The van der Waals surface area contributed by atoms with Crippen molar-refractivity contribution in [2.75, 3.05) is 7.05 Å². The van der Waals surface area contributed by atoms with Gasteiger partial charge in [-0.2, -0.15) is 5.10 Å². The number of para-hydroxylation sites is 1. The zero-order valence-corrected chi connectivity index (χ0v) is 18.7. The second kappa shape index (κ2) is 9.20. The molecule has 0 bridgehead atoms. The van der Waals surface area contributed by atoms with Crippen LogP contribution in [0, 0.1) is 0 Å². The molecule has 4 rings (SSSR count). The minimum absolute atomic E-state index is 0. The Bertz CT molecular complexity index is 1050. The Balaban J connectivity index is 0.00000225. The lowest BCUT2D eigenvalue weighted by Gasteiger charge is -2.11. The van der Waals surface area contributed by atoms with Crippen LogP contribution in [-0.2, 0) is 20.1 Å². The van der Waals surface area contributed by atoms with Gasteiger partial charge in [-0.25, -0.2) is 4.98 Å². The summed E-state index contributed by atoms with van der Waals surface area (Å²) in [5, 5.41) is 11.6. The zero-order valence-electron chi connectivity index (χ0n) is 15.5. The van der Waals surface area contributed by atoms with E-state index in [0.29, 0.717) is 19.0 Å². The summed E-state index contributed by atoms with van der Waals surface area (Å²) in [4.78, 5) is 8.87. The van der Waals surface area contributed by atoms with Crippen LogP contribution in [0.4, 0.5) is 0 Å². The van der Waals surface area contributed by atoms with Gasteiger partial charge in [-0.15, -0.1) is 35.3 Å². The highest BCUT2D eigenvalue weighted by Crippen LogP contribution is 2.31. The van der Waals surface area contributed by atoms with E-state index in [1.165, 1.54) is 0 Å². The van der Waals surface area contributed by atoms with Crippen molar-refractivity contribution in [2.45, 2.75) is 13.1 Å². The first-order valence-corrected chi connectivity index (χ1v) is 9.40. The maximum absolute atomic E-state index is 5.95. The highest BCUT2D eigenvalue weighted by molar-refractivity contribution is 14.0. The highest BCUT2D eigenvalue weighted by Gasteiger charge is 2.11. The number of nitrogens with one attached hydrogen (secondary N) is 2. The van der Waals surface area contributed by atoms with Gasteiger partial charge >= 0.3 is 0 Å². The fourth-order valence-electron chi connectivity index (χ4n) is 2.71. The summed E-state index contributed by atoms with van der Waals surface area (Å²) >= 11 is 1.63. The molecule has 0 aliphatic rings. The lowest BCUT2D eigenvalue weighted by atomic mass is 10.3. The van der Waals surface area contributed by atoms with Crippen LogP contribution in [0.1, 0.15) is 11.5 Å². The molecule has 0 saturated carbocycles. The molecule has 0 spiro atoms. The molecule has 3 aromatic heterocycles. The normalized spacial score (nSPS) is 11.4. The summed E-state index contributed by atoms with van der Waals surface area (Å²) in [7, 11) is 3.66. The Hall–Kier alpha value is -2.40. The van der Waals surface area contributed by atoms with E-state index < -0.39 is 0 Å². The number of hydrogen-bond acceptors (Lipinski definition) is 5. The fourth-order valence-corrected chi connectivity index (χ4v) is 3.63. The largest absolute Gasteiger partial charge is 0.457 e. The van der Waals surface area contributed by atoms with E-state index in [-0.39, 0.29) is 24.0 Å². The molecule has 28 heavy (non-hydrogen) atoms. The van der Waals surface area contributed by atoms with E-state index in [0.717, 1.165) is 32.4 Å². The van der Waals surface area contributed by atoms with E-state index >= 15 is 0 Å². The number of aryl methyl sites for hydroxylation is 1. The third-order valence-electron chi connectivity index (χ3n) is 4.18. The average Bonchev–Trinajstić information content (AvgIpc) is 3.41. The van der Waals surface area contributed by atoms with Crippen LogP contribution in [0.3, 0.4) is 0 Å². The van der Waals surface area contributed by atoms with Crippen molar-refractivity contribution < 1.29 is 4.42 Å². The summed E-state index contributed by atoms with van der Waals surface area (Å²) in [6.45, 7) is 1.18. The van der Waals surface area contributed by atoms with Crippen molar-refractivity contribution >= 4 is 51.5 Å². The molecule has 0 unspecified atom stereocenters. The molecule has 0 atom stereocenters. The first-order chi connectivity index (χ1) is 13.2. The van der Waals surface area contributed by atoms with Crippen molar-refractivity contribution in [1.29, 1.82) is 0 Å². The first kappa shape index (κ1) is 20.3. The standard InChI is InChI=1S/C19H20N6OS.HI/c1-20-19(21-11-13-9-10-23-25(13)2)22-12-14-7-8-16(26-14)18-24-15-5-3-4-6-17(15)27-18;/h3-10H,11-12H2,1-2H3,(H2,20,21,22);1H. The number of aromatic nitrogens is 3. The third-order valence-corrected chi connectivity index (χ3v) is 5.23. The van der Waals surface area contributed by atoms with Crippen molar-refractivity contribution in [1.82, 2.24) is 25.4 Å². The monoisotopic (exact) mass is 508 g/mol. The van der Waals surface area contributed by atoms with Gasteiger partial charge in [0.25, 0.3) is 0 Å². The number of rotatable bonds is 5. The van der Waals surface area contributed by atoms with E-state index in [1.807, 2.05) is 48.1 Å². The van der Waals surface area contributed by atoms with Gasteiger partial charge in [0.05, 0.1) is 29.0 Å². The summed E-state index contributed by atoms with van der Waals surface area (Å²) in [5.41, 5.74) is 2.07. The second-order valence-corrected chi connectivity index (χ2v) is 7.01. The number of fused-ring (bicyclic) bond motifs is 1. The minimum Gasteiger partial charge on any atom is -0.457 e. The highest BCUT2D eigenvalue weighted by atomic mass is 127. The summed E-state index contributed by atoms with van der Waals surface area (Å²) in [6, 6.07) is 14.0. The Kier molecular flexibility index (Phi) is 6.68. The number of hydrogen-bond donors (Lipinski definition) is 2. The van der Waals surface area contributed by atoms with Crippen molar-refractivity contribution in [3.63, 3.8) is 0 Å². The lowest BCUT2D eigenvalue weighted by molar-refractivity contribution is 0.513. The second-order valence-electron chi connectivity index (χ2n) is 5.98. The molecular formula is C19H21IN6OS. The summed E-state index contributed by atoms with van der Waals surface area (Å²) in [6.07, 6.45) is 1.78. The van der Waals surface area contributed by atoms with Gasteiger partial charge in [0, 0.05) is 20.3 Å². The van der Waals surface area contributed by atoms with Gasteiger partial charge in [0.2, 0.25) is 0 Å². The maximum Gasteiger partial charge on any atom is 0.191 e. The van der Waals surface area contributed by atoms with Crippen molar-refractivity contribution in [3.05, 3.63) is 60.1 Å². The first-order valence-electron chi connectivity index (χ1n) is 8.59. The number of furan rings is 1. The van der Waals surface area contributed by atoms with E-state index in [1.54, 1.807) is 24.6 Å². The molecule has 0 radical (unpaired) electrons. The molecule has 2 N–H and O–H groups in total. The number of thiazole rings is 1. The molecule has 0 aliphatic heterocycles. The maximum atomic E-state index is 5.95. The van der Waals surface area contributed by atoms with Crippen LogP contribution >= 0.6 is 35.3 Å². The number of benzene rings is 1. The molecular weight excluding hydrogens is 487 g/mol. The van der Waals surface area contributed by atoms with Crippen LogP contribution in [-0.4, -0.2) is 27.8 Å². The van der Waals surface area contributed by atoms with Gasteiger partial charge in [0.15, 0.2) is 16.7 Å². The molecule has 9 heteroatoms. The number of guanidine groups is 1. The van der Waals surface area contributed by atoms with E-state index in [2.05, 4.69) is 31.8 Å². The lowest BCUT2D eigenvalue weighted by Crippen LogP contribution is -2.36. The Morgan fingerprint density at radius 3 is 2.71 bits per heavy atom. The molecule has 0 aliphatic carbocycles. The summed E-state index contributed by atoms with van der Waals surface area (Å²) < 4.78 is 8.94. The topological polar surface area (TPSA) is 80.3 Å². The smallest absolute Gasteiger partial charge is 0.191 e. The van der Waals surface area contributed by atoms with Crippen LogP contribution in [0.15, 0.2) is 58.1 Å². The molecule has 3 heterocycles. The number of aliphatic imine (C=N–C) groups is 1. The Morgan fingerprint density at radius 2 is 1.96 bits per heavy atom. The van der Waals surface area contributed by atoms with Gasteiger partial charge in [-0.1, -0.05) is 12.1 Å². The fraction of sp³-hybridized carbons (Fsp3) is 0.211. The summed E-state index contributed by atoms with van der Waals surface area (Å²) in [5.74, 6) is 2.31. The van der Waals surface area contributed by atoms with Crippen LogP contribution in [0.5, 0.6) is 0 Å². The van der Waals surface area contributed by atoms with Crippen LogP contribution < -0.4 is 10.6 Å². The number of nitrogens with zero attached hydrogens (tertiary/aromatic N) is 4. The van der Waals surface area contributed by atoms with Crippen molar-refractivity contribution in [2.24, 2.45) is 12.0 Å². The van der Waals surface area contributed by atoms with Gasteiger partial charge in [0.1, 0.15) is 5.76 Å². The van der Waals surface area contributed by atoms with Crippen LogP contribution in [0.25, 0.3) is 21.0 Å². The predicted molar refractivity (Wildman–Crippen MR) is 123 cm³/mol. The molecule has 1 aromatic carbocycles. The van der Waals surface area contributed by atoms with Gasteiger partial charge in [-0.3, -0.25) is 9.67 Å². The molecule has 0 saturated heterocycles. The van der Waals surface area contributed by atoms with Gasteiger partial charge < -0.3 is 15.1 Å². The number of halogens is 1. The third kappa shape index (κ3) is 4.53. The minimum atomic E-state index is 0. The average molecular weight is 508 g/mol. The van der Waals surface area contributed by atoms with E-state index in [4.69, 9.17) is 4.42 Å². The molecule has 0 fully saturated rings. The molecule has 0 amide bonds. The Morgan fingerprint density at radius 1 is 1.14 bits per heavy atom. The SMILES string of the molecule is CN=C(NCc1ccc(-c2nc3ccccc3s2)o1)NCc1ccnn1C.I.